The van der Waals surface area contributed by atoms with Crippen molar-refractivity contribution in [3.8, 4) is 0 Å². The number of rotatable bonds is 3. The predicted molar refractivity (Wildman–Crippen MR) is 52.3 cm³/mol. The van der Waals surface area contributed by atoms with Crippen LogP contribution < -0.4 is 0 Å². The highest BCUT2D eigenvalue weighted by atomic mass is 19.1. The van der Waals surface area contributed by atoms with E-state index in [1.54, 1.807) is 18.2 Å². The Morgan fingerprint density at radius 2 is 1.93 bits per heavy atom. The zero-order valence-electron chi connectivity index (χ0n) is 8.25. The number of hydrogen-bond acceptors (Lipinski definition) is 2. The third kappa shape index (κ3) is 3.11. The van der Waals surface area contributed by atoms with Crippen LogP contribution in [0.3, 0.4) is 0 Å². The Bertz CT molecular complexity index is 350. The number of isocyanates is 1. The minimum atomic E-state index is -0.473. The van der Waals surface area contributed by atoms with Crippen molar-refractivity contribution in [2.75, 3.05) is 0 Å². The first-order valence-electron chi connectivity index (χ1n) is 4.37. The molecular formula is C11H12FNO. The van der Waals surface area contributed by atoms with Crippen LogP contribution in [0.1, 0.15) is 19.4 Å². The first-order chi connectivity index (χ1) is 6.53. The molecule has 0 aliphatic heterocycles. The van der Waals surface area contributed by atoms with Gasteiger partial charge in [0, 0.05) is 0 Å². The number of halogens is 1. The molecule has 14 heavy (non-hydrogen) atoms. The van der Waals surface area contributed by atoms with Crippen molar-refractivity contribution < 1.29 is 9.18 Å². The number of aliphatic imine (C=N–C) groups is 1. The molecule has 0 amide bonds. The molecule has 1 rings (SSSR count). The van der Waals surface area contributed by atoms with Crippen molar-refractivity contribution >= 4 is 6.08 Å². The minimum Gasteiger partial charge on any atom is -0.211 e. The number of carbonyl (C=O) groups excluding carboxylic acids is 1. The summed E-state index contributed by atoms with van der Waals surface area (Å²) in [6, 6.07) is 6.18. The Morgan fingerprint density at radius 1 is 1.36 bits per heavy atom. The van der Waals surface area contributed by atoms with Crippen LogP contribution in [0, 0.1) is 5.82 Å². The minimum absolute atomic E-state index is 0.259. The van der Waals surface area contributed by atoms with Crippen molar-refractivity contribution in [1.82, 2.24) is 0 Å². The molecule has 0 saturated heterocycles. The Morgan fingerprint density at radius 3 is 2.43 bits per heavy atom. The van der Waals surface area contributed by atoms with E-state index < -0.39 is 5.54 Å². The normalized spacial score (nSPS) is 10.8. The van der Waals surface area contributed by atoms with Gasteiger partial charge in [0.25, 0.3) is 0 Å². The van der Waals surface area contributed by atoms with Gasteiger partial charge in [-0.1, -0.05) is 12.1 Å². The van der Waals surface area contributed by atoms with Crippen LogP contribution in [0.5, 0.6) is 0 Å². The fraction of sp³-hybridized carbons (Fsp3) is 0.364. The summed E-state index contributed by atoms with van der Waals surface area (Å²) in [4.78, 5) is 13.8. The maximum atomic E-state index is 12.6. The Labute approximate surface area is 82.5 Å². The van der Waals surface area contributed by atoms with Crippen LogP contribution in [0.25, 0.3) is 0 Å². The van der Waals surface area contributed by atoms with Gasteiger partial charge in [-0.2, -0.15) is 4.99 Å². The molecule has 0 spiro atoms. The van der Waals surface area contributed by atoms with Crippen molar-refractivity contribution in [1.29, 1.82) is 0 Å². The third-order valence-electron chi connectivity index (χ3n) is 1.90. The predicted octanol–water partition coefficient (Wildman–Crippen LogP) is 2.48. The van der Waals surface area contributed by atoms with Crippen LogP contribution >= 0.6 is 0 Å². The molecule has 1 aromatic carbocycles. The summed E-state index contributed by atoms with van der Waals surface area (Å²) in [6.45, 7) is 3.67. The van der Waals surface area contributed by atoms with Gasteiger partial charge in [0.1, 0.15) is 5.82 Å². The average Bonchev–Trinajstić information content (AvgIpc) is 2.08. The van der Waals surface area contributed by atoms with E-state index in [1.807, 2.05) is 13.8 Å². The molecule has 74 valence electrons. The summed E-state index contributed by atoms with van der Waals surface area (Å²) in [6.07, 6.45) is 2.14. The van der Waals surface area contributed by atoms with Crippen LogP contribution in [0.4, 0.5) is 4.39 Å². The van der Waals surface area contributed by atoms with Crippen LogP contribution in [-0.2, 0) is 11.2 Å². The van der Waals surface area contributed by atoms with Gasteiger partial charge in [0.05, 0.1) is 5.54 Å². The van der Waals surface area contributed by atoms with E-state index in [9.17, 15) is 9.18 Å². The first kappa shape index (κ1) is 10.6. The lowest BCUT2D eigenvalue weighted by Gasteiger charge is -2.16. The van der Waals surface area contributed by atoms with E-state index in [1.165, 1.54) is 12.1 Å². The fourth-order valence-electron chi connectivity index (χ4n) is 1.26. The van der Waals surface area contributed by atoms with E-state index in [2.05, 4.69) is 4.99 Å². The highest BCUT2D eigenvalue weighted by Gasteiger charge is 2.16. The number of hydrogen-bond donors (Lipinski definition) is 0. The van der Waals surface area contributed by atoms with Gasteiger partial charge in [-0.25, -0.2) is 9.18 Å². The lowest BCUT2D eigenvalue weighted by molar-refractivity contribution is 0.500. The lowest BCUT2D eigenvalue weighted by Crippen LogP contribution is -2.19. The van der Waals surface area contributed by atoms with Gasteiger partial charge in [-0.05, 0) is 38.0 Å². The Hall–Kier alpha value is -1.47. The van der Waals surface area contributed by atoms with Gasteiger partial charge >= 0.3 is 0 Å². The summed E-state index contributed by atoms with van der Waals surface area (Å²) < 4.78 is 12.6. The highest BCUT2D eigenvalue weighted by molar-refractivity contribution is 5.35. The Kier molecular flexibility index (Phi) is 3.15. The van der Waals surface area contributed by atoms with E-state index in [4.69, 9.17) is 0 Å². The lowest BCUT2D eigenvalue weighted by atomic mass is 9.96. The molecule has 0 bridgehead atoms. The van der Waals surface area contributed by atoms with E-state index in [0.29, 0.717) is 6.42 Å². The van der Waals surface area contributed by atoms with Crippen molar-refractivity contribution in [3.05, 3.63) is 35.6 Å². The molecule has 0 N–H and O–H groups in total. The first-order valence-corrected chi connectivity index (χ1v) is 4.37. The second-order valence-electron chi connectivity index (χ2n) is 3.82. The average molecular weight is 193 g/mol. The fourth-order valence-corrected chi connectivity index (χ4v) is 1.26. The molecule has 0 atom stereocenters. The highest BCUT2D eigenvalue weighted by Crippen LogP contribution is 2.16. The number of benzene rings is 1. The standard InChI is InChI=1S/C11H12FNO/c1-11(2,13-8-14)7-9-3-5-10(12)6-4-9/h3-6H,7H2,1-2H3. The van der Waals surface area contributed by atoms with Crippen LogP contribution in [-0.4, -0.2) is 11.6 Å². The molecule has 2 nitrogen and oxygen atoms in total. The molecule has 0 aliphatic rings. The van der Waals surface area contributed by atoms with Crippen LogP contribution in [0.15, 0.2) is 29.3 Å². The summed E-state index contributed by atoms with van der Waals surface area (Å²) >= 11 is 0. The van der Waals surface area contributed by atoms with E-state index in [-0.39, 0.29) is 5.82 Å². The molecule has 0 fully saturated rings. The zero-order chi connectivity index (χ0) is 10.6. The van der Waals surface area contributed by atoms with E-state index >= 15 is 0 Å². The molecule has 1 aromatic rings. The summed E-state index contributed by atoms with van der Waals surface area (Å²) in [5.41, 5.74) is 0.481. The topological polar surface area (TPSA) is 29.4 Å². The molecule has 0 radical (unpaired) electrons. The monoisotopic (exact) mass is 193 g/mol. The molecular weight excluding hydrogens is 181 g/mol. The van der Waals surface area contributed by atoms with Crippen molar-refractivity contribution in [2.24, 2.45) is 4.99 Å². The summed E-state index contributed by atoms with van der Waals surface area (Å²) in [7, 11) is 0. The zero-order valence-corrected chi connectivity index (χ0v) is 8.25. The molecule has 0 aromatic heterocycles. The van der Waals surface area contributed by atoms with Crippen LogP contribution in [0.2, 0.25) is 0 Å². The van der Waals surface area contributed by atoms with Crippen molar-refractivity contribution in [2.45, 2.75) is 25.8 Å². The molecule has 0 saturated carbocycles. The van der Waals surface area contributed by atoms with Gasteiger partial charge in [0.2, 0.25) is 6.08 Å². The van der Waals surface area contributed by atoms with Crippen molar-refractivity contribution in [3.63, 3.8) is 0 Å². The number of nitrogens with zero attached hydrogens (tertiary/aromatic N) is 1. The SMILES string of the molecule is CC(C)(Cc1ccc(F)cc1)N=C=O. The Balaban J connectivity index is 2.78. The van der Waals surface area contributed by atoms with Gasteiger partial charge in [-0.3, -0.25) is 0 Å². The second kappa shape index (κ2) is 4.16. The largest absolute Gasteiger partial charge is 0.235 e. The summed E-state index contributed by atoms with van der Waals surface area (Å²) in [5, 5.41) is 0. The van der Waals surface area contributed by atoms with Gasteiger partial charge in [-0.15, -0.1) is 0 Å². The summed E-state index contributed by atoms with van der Waals surface area (Å²) in [5.74, 6) is -0.259. The van der Waals surface area contributed by atoms with Gasteiger partial charge < -0.3 is 0 Å². The van der Waals surface area contributed by atoms with Gasteiger partial charge in [0.15, 0.2) is 0 Å². The molecule has 0 unspecified atom stereocenters. The smallest absolute Gasteiger partial charge is 0.211 e. The second-order valence-corrected chi connectivity index (χ2v) is 3.82. The maximum Gasteiger partial charge on any atom is 0.235 e. The molecule has 0 aliphatic carbocycles. The molecule has 3 heteroatoms. The third-order valence-corrected chi connectivity index (χ3v) is 1.90. The maximum absolute atomic E-state index is 12.6. The molecule has 0 heterocycles. The quantitative estimate of drug-likeness (QED) is 0.535. The van der Waals surface area contributed by atoms with E-state index in [0.717, 1.165) is 5.56 Å².